The highest BCUT2D eigenvalue weighted by molar-refractivity contribution is 9.10. The van der Waals surface area contributed by atoms with Gasteiger partial charge in [-0.3, -0.25) is 4.98 Å². The third kappa shape index (κ3) is 1.33. The molecule has 0 amide bonds. The minimum atomic E-state index is -0.238. The van der Waals surface area contributed by atoms with E-state index in [0.717, 1.165) is 16.5 Å². The lowest BCUT2D eigenvalue weighted by atomic mass is 10.1. The van der Waals surface area contributed by atoms with Crippen molar-refractivity contribution in [1.82, 2.24) is 4.98 Å². The van der Waals surface area contributed by atoms with E-state index in [9.17, 15) is 4.39 Å². The molecule has 0 atom stereocenters. The number of rotatable bonds is 0. The molecule has 1 heterocycles. The summed E-state index contributed by atoms with van der Waals surface area (Å²) < 4.78 is 13.7. The highest BCUT2D eigenvalue weighted by atomic mass is 79.9. The SMILES string of the molecule is Cc1cc(F)c(Br)c2cccnc12. The molecule has 1 nitrogen and oxygen atoms in total. The number of hydrogen-bond acceptors (Lipinski definition) is 1. The number of hydrogen-bond donors (Lipinski definition) is 0. The van der Waals surface area contributed by atoms with Crippen LogP contribution in [0.2, 0.25) is 0 Å². The van der Waals surface area contributed by atoms with Crippen molar-refractivity contribution < 1.29 is 4.39 Å². The van der Waals surface area contributed by atoms with Crippen LogP contribution in [0.3, 0.4) is 0 Å². The Balaban J connectivity index is 2.97. The average Bonchev–Trinajstić information content (AvgIpc) is 2.15. The first kappa shape index (κ1) is 8.63. The van der Waals surface area contributed by atoms with Crippen LogP contribution in [0.5, 0.6) is 0 Å². The summed E-state index contributed by atoms with van der Waals surface area (Å²) in [6.07, 6.45) is 1.71. The van der Waals surface area contributed by atoms with Crippen molar-refractivity contribution in [1.29, 1.82) is 0 Å². The quantitative estimate of drug-likeness (QED) is 0.687. The lowest BCUT2D eigenvalue weighted by Gasteiger charge is -2.03. The molecule has 66 valence electrons. The molecule has 0 unspecified atom stereocenters. The molecule has 2 aromatic rings. The summed E-state index contributed by atoms with van der Waals surface area (Å²) in [5.74, 6) is -0.238. The Bertz CT molecular complexity index is 468. The summed E-state index contributed by atoms with van der Waals surface area (Å²) >= 11 is 3.20. The zero-order valence-electron chi connectivity index (χ0n) is 7.01. The molecule has 1 aromatic heterocycles. The van der Waals surface area contributed by atoms with Gasteiger partial charge in [-0.15, -0.1) is 0 Å². The van der Waals surface area contributed by atoms with Crippen LogP contribution < -0.4 is 0 Å². The normalized spacial score (nSPS) is 10.7. The molecule has 0 fully saturated rings. The molecule has 0 N–H and O–H groups in total. The van der Waals surface area contributed by atoms with Gasteiger partial charge in [-0.2, -0.15) is 0 Å². The fourth-order valence-corrected chi connectivity index (χ4v) is 1.78. The van der Waals surface area contributed by atoms with E-state index in [1.165, 1.54) is 6.07 Å². The summed E-state index contributed by atoms with van der Waals surface area (Å²) in [4.78, 5) is 4.19. The predicted molar refractivity (Wildman–Crippen MR) is 54.1 cm³/mol. The number of fused-ring (bicyclic) bond motifs is 1. The molecule has 0 saturated carbocycles. The number of nitrogens with zero attached hydrogens (tertiary/aromatic N) is 1. The van der Waals surface area contributed by atoms with Gasteiger partial charge in [0.15, 0.2) is 0 Å². The van der Waals surface area contributed by atoms with E-state index < -0.39 is 0 Å². The second-order valence-electron chi connectivity index (χ2n) is 2.89. The van der Waals surface area contributed by atoms with Crippen molar-refractivity contribution >= 4 is 26.8 Å². The maximum absolute atomic E-state index is 13.2. The van der Waals surface area contributed by atoms with Gasteiger partial charge in [0.05, 0.1) is 9.99 Å². The van der Waals surface area contributed by atoms with Crippen molar-refractivity contribution in [2.24, 2.45) is 0 Å². The number of aromatic nitrogens is 1. The molecule has 0 aliphatic carbocycles. The molecule has 3 heteroatoms. The maximum atomic E-state index is 13.2. The Morgan fingerprint density at radius 3 is 3.00 bits per heavy atom. The lowest BCUT2D eigenvalue weighted by Crippen LogP contribution is -1.87. The highest BCUT2D eigenvalue weighted by Crippen LogP contribution is 2.27. The fraction of sp³-hybridized carbons (Fsp3) is 0.100. The van der Waals surface area contributed by atoms with Crippen LogP contribution in [0.15, 0.2) is 28.9 Å². The van der Waals surface area contributed by atoms with E-state index in [1.807, 2.05) is 13.0 Å². The van der Waals surface area contributed by atoms with Crippen molar-refractivity contribution in [3.8, 4) is 0 Å². The van der Waals surface area contributed by atoms with Crippen LogP contribution in [0.25, 0.3) is 10.9 Å². The smallest absolute Gasteiger partial charge is 0.138 e. The van der Waals surface area contributed by atoms with Gasteiger partial charge in [0, 0.05) is 11.6 Å². The van der Waals surface area contributed by atoms with Gasteiger partial charge in [0.25, 0.3) is 0 Å². The first-order chi connectivity index (χ1) is 6.20. The van der Waals surface area contributed by atoms with Crippen LogP contribution >= 0.6 is 15.9 Å². The van der Waals surface area contributed by atoms with E-state index in [-0.39, 0.29) is 5.82 Å². The first-order valence-corrected chi connectivity index (χ1v) is 4.69. The van der Waals surface area contributed by atoms with Crippen LogP contribution in [-0.4, -0.2) is 4.98 Å². The van der Waals surface area contributed by atoms with Gasteiger partial charge in [0.2, 0.25) is 0 Å². The standard InChI is InChI=1S/C10H7BrFN/c1-6-5-8(12)9(11)7-3-2-4-13-10(6)7/h2-5H,1H3. The molecule has 0 radical (unpaired) electrons. The van der Waals surface area contributed by atoms with Crippen molar-refractivity contribution in [3.63, 3.8) is 0 Å². The maximum Gasteiger partial charge on any atom is 0.138 e. The van der Waals surface area contributed by atoms with E-state index in [0.29, 0.717) is 4.47 Å². The Kier molecular flexibility index (Phi) is 2.04. The molecule has 0 spiro atoms. The van der Waals surface area contributed by atoms with Gasteiger partial charge < -0.3 is 0 Å². The molecule has 0 saturated heterocycles. The van der Waals surface area contributed by atoms with Gasteiger partial charge in [-0.05, 0) is 40.5 Å². The highest BCUT2D eigenvalue weighted by Gasteiger charge is 2.07. The number of benzene rings is 1. The number of pyridine rings is 1. The third-order valence-electron chi connectivity index (χ3n) is 1.97. The molecule has 0 aliphatic heterocycles. The second-order valence-corrected chi connectivity index (χ2v) is 3.68. The van der Waals surface area contributed by atoms with Crippen LogP contribution in [0.1, 0.15) is 5.56 Å². The van der Waals surface area contributed by atoms with E-state index in [1.54, 1.807) is 12.3 Å². The molecule has 0 bridgehead atoms. The zero-order chi connectivity index (χ0) is 9.42. The molecule has 0 aliphatic rings. The van der Waals surface area contributed by atoms with E-state index in [2.05, 4.69) is 20.9 Å². The average molecular weight is 240 g/mol. The summed E-state index contributed by atoms with van der Waals surface area (Å²) in [6.45, 7) is 1.85. The third-order valence-corrected chi connectivity index (χ3v) is 2.78. The molecular formula is C10H7BrFN. The largest absolute Gasteiger partial charge is 0.256 e. The van der Waals surface area contributed by atoms with Crippen molar-refractivity contribution in [3.05, 3.63) is 40.2 Å². The van der Waals surface area contributed by atoms with Crippen LogP contribution in [0.4, 0.5) is 4.39 Å². The summed E-state index contributed by atoms with van der Waals surface area (Å²) in [7, 11) is 0. The van der Waals surface area contributed by atoms with Gasteiger partial charge in [0.1, 0.15) is 5.82 Å². The Hall–Kier alpha value is -0.960. The zero-order valence-corrected chi connectivity index (χ0v) is 8.60. The van der Waals surface area contributed by atoms with Crippen LogP contribution in [-0.2, 0) is 0 Å². The van der Waals surface area contributed by atoms with E-state index in [4.69, 9.17) is 0 Å². The summed E-state index contributed by atoms with van der Waals surface area (Å²) in [5.41, 5.74) is 1.70. The fourth-order valence-electron chi connectivity index (χ4n) is 1.35. The molecule has 2 rings (SSSR count). The van der Waals surface area contributed by atoms with Gasteiger partial charge >= 0.3 is 0 Å². The summed E-state index contributed by atoms with van der Waals surface area (Å²) in [5, 5.41) is 0.819. The second kappa shape index (κ2) is 3.07. The van der Waals surface area contributed by atoms with Gasteiger partial charge in [-0.1, -0.05) is 6.07 Å². The number of aryl methyl sites for hydroxylation is 1. The Morgan fingerprint density at radius 1 is 1.46 bits per heavy atom. The molecule has 13 heavy (non-hydrogen) atoms. The van der Waals surface area contributed by atoms with Crippen molar-refractivity contribution in [2.75, 3.05) is 0 Å². The monoisotopic (exact) mass is 239 g/mol. The summed E-state index contributed by atoms with van der Waals surface area (Å²) in [6, 6.07) is 5.13. The lowest BCUT2D eigenvalue weighted by molar-refractivity contribution is 0.622. The first-order valence-electron chi connectivity index (χ1n) is 3.89. The van der Waals surface area contributed by atoms with E-state index >= 15 is 0 Å². The minimum Gasteiger partial charge on any atom is -0.256 e. The topological polar surface area (TPSA) is 12.9 Å². The van der Waals surface area contributed by atoms with Crippen LogP contribution in [0, 0.1) is 12.7 Å². The Morgan fingerprint density at radius 2 is 2.23 bits per heavy atom. The minimum absolute atomic E-state index is 0.238. The van der Waals surface area contributed by atoms with Crippen molar-refractivity contribution in [2.45, 2.75) is 6.92 Å². The molecule has 1 aromatic carbocycles. The predicted octanol–water partition coefficient (Wildman–Crippen LogP) is 3.44. The Labute approximate surface area is 83.7 Å². The van der Waals surface area contributed by atoms with Gasteiger partial charge in [-0.25, -0.2) is 4.39 Å². The number of halogens is 2. The molecular weight excluding hydrogens is 233 g/mol.